The standard InChI is InChI=1S/C24H29FN4O3/c1-16-13-18(23(31)28-20-5-3-2-4-6-20)9-12-21(16)29-22(30)15-27-24(32)26-14-17-7-10-19(25)11-8-17/h7-13,20H,2-6,14-15H2,1H3,(H,28,31)(H,29,30)(H2,26,27,32). The Morgan fingerprint density at radius 1 is 0.969 bits per heavy atom. The van der Waals surface area contributed by atoms with Crippen molar-refractivity contribution in [2.45, 2.75) is 51.6 Å². The Morgan fingerprint density at radius 2 is 1.69 bits per heavy atom. The number of carbonyl (C=O) groups excluding carboxylic acids is 3. The normalized spacial score (nSPS) is 13.8. The van der Waals surface area contributed by atoms with E-state index in [1.807, 2.05) is 6.92 Å². The smallest absolute Gasteiger partial charge is 0.315 e. The van der Waals surface area contributed by atoms with E-state index in [1.54, 1.807) is 30.3 Å². The third-order valence-corrected chi connectivity index (χ3v) is 5.48. The molecule has 0 heterocycles. The summed E-state index contributed by atoms with van der Waals surface area (Å²) in [4.78, 5) is 36.5. The van der Waals surface area contributed by atoms with Crippen molar-refractivity contribution in [2.24, 2.45) is 0 Å². The summed E-state index contributed by atoms with van der Waals surface area (Å²) in [6.07, 6.45) is 5.55. The number of anilines is 1. The highest BCUT2D eigenvalue weighted by atomic mass is 19.1. The van der Waals surface area contributed by atoms with E-state index in [9.17, 15) is 18.8 Å². The van der Waals surface area contributed by atoms with E-state index in [4.69, 9.17) is 0 Å². The van der Waals surface area contributed by atoms with Crippen LogP contribution in [0.15, 0.2) is 42.5 Å². The first kappa shape index (κ1) is 23.2. The molecule has 2 aromatic carbocycles. The van der Waals surface area contributed by atoms with Crippen molar-refractivity contribution in [3.8, 4) is 0 Å². The van der Waals surface area contributed by atoms with Gasteiger partial charge in [-0.3, -0.25) is 9.59 Å². The lowest BCUT2D eigenvalue weighted by Crippen LogP contribution is -2.39. The van der Waals surface area contributed by atoms with Crippen LogP contribution in [0.25, 0.3) is 0 Å². The van der Waals surface area contributed by atoms with Gasteiger partial charge in [0.1, 0.15) is 5.82 Å². The summed E-state index contributed by atoms with van der Waals surface area (Å²) >= 11 is 0. The molecule has 1 fully saturated rings. The molecule has 170 valence electrons. The molecule has 3 rings (SSSR count). The summed E-state index contributed by atoms with van der Waals surface area (Å²) in [7, 11) is 0. The van der Waals surface area contributed by atoms with Crippen LogP contribution in [0.3, 0.4) is 0 Å². The number of urea groups is 1. The van der Waals surface area contributed by atoms with Gasteiger partial charge in [0, 0.05) is 23.8 Å². The number of benzene rings is 2. The average Bonchev–Trinajstić information content (AvgIpc) is 2.79. The Labute approximate surface area is 187 Å². The molecule has 4 N–H and O–H groups in total. The van der Waals surface area contributed by atoms with Gasteiger partial charge in [0.15, 0.2) is 0 Å². The quantitative estimate of drug-likeness (QED) is 0.529. The van der Waals surface area contributed by atoms with E-state index >= 15 is 0 Å². The number of nitrogens with one attached hydrogen (secondary N) is 4. The fourth-order valence-corrected chi connectivity index (χ4v) is 3.66. The first-order valence-corrected chi connectivity index (χ1v) is 10.9. The molecule has 1 aliphatic rings. The van der Waals surface area contributed by atoms with Crippen LogP contribution in [0.5, 0.6) is 0 Å². The monoisotopic (exact) mass is 440 g/mol. The molecule has 8 heteroatoms. The number of hydrogen-bond donors (Lipinski definition) is 4. The van der Waals surface area contributed by atoms with E-state index in [2.05, 4.69) is 21.3 Å². The minimum Gasteiger partial charge on any atom is -0.349 e. The highest BCUT2D eigenvalue weighted by Gasteiger charge is 2.17. The molecule has 0 aliphatic heterocycles. The Hall–Kier alpha value is -3.42. The van der Waals surface area contributed by atoms with Crippen LogP contribution in [0, 0.1) is 12.7 Å². The maximum Gasteiger partial charge on any atom is 0.315 e. The highest BCUT2D eigenvalue weighted by molar-refractivity contribution is 5.97. The predicted octanol–water partition coefficient (Wildman–Crippen LogP) is 3.63. The minimum atomic E-state index is -0.504. The second-order valence-electron chi connectivity index (χ2n) is 8.05. The molecule has 32 heavy (non-hydrogen) atoms. The molecular formula is C24H29FN4O3. The fourth-order valence-electron chi connectivity index (χ4n) is 3.66. The van der Waals surface area contributed by atoms with Crippen molar-refractivity contribution in [1.82, 2.24) is 16.0 Å². The SMILES string of the molecule is Cc1cc(C(=O)NC2CCCCC2)ccc1NC(=O)CNC(=O)NCc1ccc(F)cc1. The first-order chi connectivity index (χ1) is 15.4. The lowest BCUT2D eigenvalue weighted by molar-refractivity contribution is -0.115. The fraction of sp³-hybridized carbons (Fsp3) is 0.375. The minimum absolute atomic E-state index is 0.0997. The van der Waals surface area contributed by atoms with Crippen molar-refractivity contribution in [2.75, 3.05) is 11.9 Å². The number of hydrogen-bond acceptors (Lipinski definition) is 3. The van der Waals surface area contributed by atoms with Gasteiger partial charge in [0.05, 0.1) is 6.54 Å². The molecule has 0 atom stereocenters. The zero-order valence-corrected chi connectivity index (χ0v) is 18.2. The molecule has 0 saturated heterocycles. The number of halogens is 1. The molecule has 1 aliphatic carbocycles. The van der Waals surface area contributed by atoms with Crippen LogP contribution in [0.1, 0.15) is 53.6 Å². The second kappa shape index (κ2) is 11.3. The summed E-state index contributed by atoms with van der Waals surface area (Å²) in [5, 5.41) is 10.9. The van der Waals surface area contributed by atoms with Crippen molar-refractivity contribution >= 4 is 23.5 Å². The van der Waals surface area contributed by atoms with Crippen molar-refractivity contribution < 1.29 is 18.8 Å². The van der Waals surface area contributed by atoms with Gasteiger partial charge < -0.3 is 21.3 Å². The molecule has 0 radical (unpaired) electrons. The van der Waals surface area contributed by atoms with Gasteiger partial charge in [-0.05, 0) is 61.2 Å². The molecule has 2 aromatic rings. The third kappa shape index (κ3) is 7.08. The zero-order valence-electron chi connectivity index (χ0n) is 18.2. The highest BCUT2D eigenvalue weighted by Crippen LogP contribution is 2.20. The number of carbonyl (C=O) groups is 3. The Morgan fingerprint density at radius 3 is 2.38 bits per heavy atom. The van der Waals surface area contributed by atoms with E-state index in [-0.39, 0.29) is 36.8 Å². The Bertz CT molecular complexity index is 956. The lowest BCUT2D eigenvalue weighted by Gasteiger charge is -2.23. The molecule has 4 amide bonds. The number of amides is 4. The average molecular weight is 441 g/mol. The van der Waals surface area contributed by atoms with Crippen LogP contribution < -0.4 is 21.3 Å². The summed E-state index contributed by atoms with van der Waals surface area (Å²) < 4.78 is 12.9. The summed E-state index contributed by atoms with van der Waals surface area (Å²) in [6, 6.07) is 10.6. The zero-order chi connectivity index (χ0) is 22.9. The van der Waals surface area contributed by atoms with Crippen molar-refractivity contribution in [3.63, 3.8) is 0 Å². The van der Waals surface area contributed by atoms with E-state index in [0.717, 1.165) is 36.8 Å². The van der Waals surface area contributed by atoms with Crippen LogP contribution in [-0.4, -0.2) is 30.4 Å². The topological polar surface area (TPSA) is 99.3 Å². The molecule has 1 saturated carbocycles. The van der Waals surface area contributed by atoms with Gasteiger partial charge in [-0.1, -0.05) is 31.4 Å². The molecule has 7 nitrogen and oxygen atoms in total. The van der Waals surface area contributed by atoms with Gasteiger partial charge >= 0.3 is 6.03 Å². The van der Waals surface area contributed by atoms with E-state index < -0.39 is 6.03 Å². The molecule has 0 bridgehead atoms. The second-order valence-corrected chi connectivity index (χ2v) is 8.05. The van der Waals surface area contributed by atoms with Crippen molar-refractivity contribution in [3.05, 3.63) is 65.0 Å². The predicted molar refractivity (Wildman–Crippen MR) is 121 cm³/mol. The molecular weight excluding hydrogens is 411 g/mol. The summed E-state index contributed by atoms with van der Waals surface area (Å²) in [6.45, 7) is 1.83. The number of rotatable bonds is 7. The van der Waals surface area contributed by atoms with E-state index in [1.165, 1.54) is 18.6 Å². The van der Waals surface area contributed by atoms with Gasteiger partial charge in [0.2, 0.25) is 5.91 Å². The summed E-state index contributed by atoms with van der Waals surface area (Å²) in [5.74, 6) is -0.829. The van der Waals surface area contributed by atoms with Gasteiger partial charge in [-0.25, -0.2) is 9.18 Å². The molecule has 0 unspecified atom stereocenters. The van der Waals surface area contributed by atoms with Crippen LogP contribution in [0.2, 0.25) is 0 Å². The Kier molecular flexibility index (Phi) is 8.19. The molecule has 0 spiro atoms. The Balaban J connectivity index is 1.43. The van der Waals surface area contributed by atoms with E-state index in [0.29, 0.717) is 11.3 Å². The van der Waals surface area contributed by atoms with Crippen LogP contribution in [0.4, 0.5) is 14.9 Å². The molecule has 0 aromatic heterocycles. The first-order valence-electron chi connectivity index (χ1n) is 10.9. The maximum absolute atomic E-state index is 12.9. The lowest BCUT2D eigenvalue weighted by atomic mass is 9.95. The van der Waals surface area contributed by atoms with Gasteiger partial charge in [-0.15, -0.1) is 0 Å². The third-order valence-electron chi connectivity index (χ3n) is 5.48. The van der Waals surface area contributed by atoms with Gasteiger partial charge in [-0.2, -0.15) is 0 Å². The van der Waals surface area contributed by atoms with Crippen LogP contribution >= 0.6 is 0 Å². The van der Waals surface area contributed by atoms with Gasteiger partial charge in [0.25, 0.3) is 5.91 Å². The van der Waals surface area contributed by atoms with Crippen molar-refractivity contribution in [1.29, 1.82) is 0 Å². The largest absolute Gasteiger partial charge is 0.349 e. The van der Waals surface area contributed by atoms with Crippen LogP contribution in [-0.2, 0) is 11.3 Å². The summed E-state index contributed by atoms with van der Waals surface area (Å²) in [5.41, 5.74) is 2.65. The number of aryl methyl sites for hydroxylation is 1. The maximum atomic E-state index is 12.9.